The van der Waals surface area contributed by atoms with Crippen LogP contribution in [0, 0.1) is 0 Å². The van der Waals surface area contributed by atoms with E-state index in [1.165, 1.54) is 11.5 Å². The Bertz CT molecular complexity index is 346. The molecule has 13 heavy (non-hydrogen) atoms. The summed E-state index contributed by atoms with van der Waals surface area (Å²) in [4.78, 5) is 8.07. The van der Waals surface area contributed by atoms with Crippen LogP contribution in [0.3, 0.4) is 0 Å². The predicted molar refractivity (Wildman–Crippen MR) is 49.3 cm³/mol. The summed E-state index contributed by atoms with van der Waals surface area (Å²) in [5.74, 6) is 0. The Morgan fingerprint density at radius 1 is 1.31 bits per heavy atom. The highest BCUT2D eigenvalue weighted by Crippen LogP contribution is 2.09. The Hall–Kier alpha value is -1.56. The maximum absolute atomic E-state index is 4.12. The van der Waals surface area contributed by atoms with Gasteiger partial charge in [-0.05, 0) is 0 Å². The Balaban J connectivity index is 1.94. The van der Waals surface area contributed by atoms with Gasteiger partial charge in [-0.2, -0.15) is 0 Å². The van der Waals surface area contributed by atoms with Crippen LogP contribution in [0.15, 0.2) is 24.8 Å². The molecule has 0 saturated carbocycles. The molecule has 0 aromatic carbocycles. The number of nitrogens with one attached hydrogen (secondary N) is 1. The minimum atomic E-state index is 0.651. The van der Waals surface area contributed by atoms with Crippen LogP contribution in [0.25, 0.3) is 0 Å². The molecule has 0 spiro atoms. The molecule has 0 unspecified atom stereocenters. The maximum Gasteiger partial charge on any atom is 0.130 e. The lowest BCUT2D eigenvalue weighted by molar-refractivity contribution is 1.01. The van der Waals surface area contributed by atoms with E-state index in [4.69, 9.17) is 0 Å². The Morgan fingerprint density at radius 2 is 2.31 bits per heavy atom. The summed E-state index contributed by atoms with van der Waals surface area (Å²) in [7, 11) is 0. The van der Waals surface area contributed by atoms with Crippen LogP contribution >= 0.6 is 11.5 Å². The van der Waals surface area contributed by atoms with Crippen molar-refractivity contribution in [1.29, 1.82) is 0 Å². The molecule has 5 nitrogen and oxygen atoms in total. The van der Waals surface area contributed by atoms with Crippen molar-refractivity contribution < 1.29 is 0 Å². The summed E-state index contributed by atoms with van der Waals surface area (Å²) in [6, 6.07) is 0. The van der Waals surface area contributed by atoms with Gasteiger partial charge < -0.3 is 5.32 Å². The van der Waals surface area contributed by atoms with E-state index in [-0.39, 0.29) is 0 Å². The summed E-state index contributed by atoms with van der Waals surface area (Å²) >= 11 is 1.32. The number of aromatic nitrogens is 4. The first-order valence-corrected chi connectivity index (χ1v) is 4.48. The van der Waals surface area contributed by atoms with E-state index in [2.05, 4.69) is 24.9 Å². The topological polar surface area (TPSA) is 63.6 Å². The van der Waals surface area contributed by atoms with Crippen molar-refractivity contribution in [3.8, 4) is 0 Å². The molecular formula is C7H7N5S. The largest absolute Gasteiger partial charge is 0.369 e. The van der Waals surface area contributed by atoms with Crippen molar-refractivity contribution in [2.75, 3.05) is 5.32 Å². The van der Waals surface area contributed by atoms with E-state index in [1.807, 2.05) is 0 Å². The third-order valence-corrected chi connectivity index (χ3v) is 2.04. The quantitative estimate of drug-likeness (QED) is 0.786. The lowest BCUT2D eigenvalue weighted by Gasteiger charge is -1.99. The molecule has 0 amide bonds. The number of anilines is 1. The molecule has 1 N–H and O–H groups in total. The molecule has 0 aliphatic carbocycles. The summed E-state index contributed by atoms with van der Waals surface area (Å²) in [6.45, 7) is 0.651. The molecule has 2 heterocycles. The van der Waals surface area contributed by atoms with Crippen molar-refractivity contribution in [1.82, 2.24) is 19.6 Å². The fourth-order valence-corrected chi connectivity index (χ4v) is 1.26. The Morgan fingerprint density at radius 3 is 3.00 bits per heavy atom. The van der Waals surface area contributed by atoms with Gasteiger partial charge in [-0.3, -0.25) is 9.97 Å². The van der Waals surface area contributed by atoms with Crippen LogP contribution in [0.2, 0.25) is 0 Å². The Labute approximate surface area is 79.0 Å². The fourth-order valence-electron chi connectivity index (χ4n) is 0.844. The van der Waals surface area contributed by atoms with Gasteiger partial charge >= 0.3 is 0 Å². The Kier molecular flexibility index (Phi) is 2.42. The van der Waals surface area contributed by atoms with E-state index in [9.17, 15) is 0 Å². The van der Waals surface area contributed by atoms with Gasteiger partial charge in [0.2, 0.25) is 0 Å². The van der Waals surface area contributed by atoms with Gasteiger partial charge in [0, 0.05) is 23.9 Å². The highest BCUT2D eigenvalue weighted by Gasteiger charge is 1.95. The number of rotatable bonds is 3. The van der Waals surface area contributed by atoms with Crippen LogP contribution in [0.4, 0.5) is 5.00 Å². The molecule has 0 aliphatic rings. The van der Waals surface area contributed by atoms with Gasteiger partial charge in [0.1, 0.15) is 5.00 Å². The average molecular weight is 193 g/mol. The van der Waals surface area contributed by atoms with E-state index in [0.29, 0.717) is 6.54 Å². The molecule has 0 saturated heterocycles. The molecular weight excluding hydrogens is 186 g/mol. The summed E-state index contributed by atoms with van der Waals surface area (Å²) in [5.41, 5.74) is 0.899. The second kappa shape index (κ2) is 3.90. The average Bonchev–Trinajstić information content (AvgIpc) is 2.69. The maximum atomic E-state index is 4.12. The predicted octanol–water partition coefficient (Wildman–Crippen LogP) is 0.940. The van der Waals surface area contributed by atoms with Gasteiger partial charge in [-0.1, -0.05) is 4.49 Å². The van der Waals surface area contributed by atoms with Crippen molar-refractivity contribution in [2.24, 2.45) is 0 Å². The molecule has 2 aromatic rings. The molecule has 2 rings (SSSR count). The molecule has 0 atom stereocenters. The zero-order valence-corrected chi connectivity index (χ0v) is 7.53. The van der Waals surface area contributed by atoms with E-state index in [0.717, 1.165) is 10.7 Å². The molecule has 0 radical (unpaired) electrons. The van der Waals surface area contributed by atoms with Crippen LogP contribution in [-0.4, -0.2) is 19.6 Å². The van der Waals surface area contributed by atoms with Crippen molar-refractivity contribution >= 4 is 16.5 Å². The van der Waals surface area contributed by atoms with Crippen molar-refractivity contribution in [3.05, 3.63) is 30.5 Å². The molecule has 66 valence electrons. The van der Waals surface area contributed by atoms with Gasteiger partial charge in [0.05, 0.1) is 24.6 Å². The number of hydrogen-bond donors (Lipinski definition) is 1. The first-order chi connectivity index (χ1) is 6.45. The normalized spacial score (nSPS) is 9.85. The third kappa shape index (κ3) is 2.19. The zero-order chi connectivity index (χ0) is 8.93. The highest BCUT2D eigenvalue weighted by atomic mass is 32.1. The summed E-state index contributed by atoms with van der Waals surface area (Å²) in [6.07, 6.45) is 6.72. The van der Waals surface area contributed by atoms with E-state index >= 15 is 0 Å². The molecule has 0 aliphatic heterocycles. The van der Waals surface area contributed by atoms with Crippen LogP contribution in [0.1, 0.15) is 5.69 Å². The van der Waals surface area contributed by atoms with Crippen LogP contribution in [0.5, 0.6) is 0 Å². The number of hydrogen-bond acceptors (Lipinski definition) is 6. The minimum absolute atomic E-state index is 0.651. The van der Waals surface area contributed by atoms with Gasteiger partial charge in [0.25, 0.3) is 0 Å². The smallest absolute Gasteiger partial charge is 0.130 e. The lowest BCUT2D eigenvalue weighted by atomic mass is 10.4. The molecule has 2 aromatic heterocycles. The highest BCUT2D eigenvalue weighted by molar-refractivity contribution is 7.09. The first kappa shape index (κ1) is 8.06. The molecule has 6 heteroatoms. The SMILES string of the molecule is c1cnc(CNc2cnns2)cn1. The molecule has 0 bridgehead atoms. The summed E-state index contributed by atoms with van der Waals surface area (Å²) < 4.78 is 3.73. The summed E-state index contributed by atoms with van der Waals surface area (Å²) in [5, 5.41) is 7.77. The second-order valence-corrected chi connectivity index (χ2v) is 3.12. The van der Waals surface area contributed by atoms with E-state index < -0.39 is 0 Å². The van der Waals surface area contributed by atoms with E-state index in [1.54, 1.807) is 24.8 Å². The monoisotopic (exact) mass is 193 g/mol. The zero-order valence-electron chi connectivity index (χ0n) is 6.71. The van der Waals surface area contributed by atoms with Crippen LogP contribution in [-0.2, 0) is 6.54 Å². The first-order valence-electron chi connectivity index (χ1n) is 3.71. The van der Waals surface area contributed by atoms with Gasteiger partial charge in [-0.25, -0.2) is 0 Å². The third-order valence-electron chi connectivity index (χ3n) is 1.42. The van der Waals surface area contributed by atoms with Crippen molar-refractivity contribution in [3.63, 3.8) is 0 Å². The fraction of sp³-hybridized carbons (Fsp3) is 0.143. The van der Waals surface area contributed by atoms with Gasteiger partial charge in [-0.15, -0.1) is 5.10 Å². The second-order valence-electron chi connectivity index (χ2n) is 2.33. The van der Waals surface area contributed by atoms with Crippen molar-refractivity contribution in [2.45, 2.75) is 6.54 Å². The van der Waals surface area contributed by atoms with Gasteiger partial charge in [0.15, 0.2) is 0 Å². The minimum Gasteiger partial charge on any atom is -0.369 e. The number of nitrogens with zero attached hydrogens (tertiary/aromatic N) is 4. The lowest BCUT2D eigenvalue weighted by Crippen LogP contribution is -1.99. The van der Waals surface area contributed by atoms with Crippen LogP contribution < -0.4 is 5.32 Å². The standard InChI is InChI=1S/C7H7N5S/c1-2-9-6(3-8-1)4-10-7-5-11-12-13-7/h1-3,5,10H,4H2. The molecule has 0 fully saturated rings.